The second kappa shape index (κ2) is 5.89. The van der Waals surface area contributed by atoms with Crippen LogP contribution in [0.4, 0.5) is 0 Å². The average Bonchev–Trinajstić information content (AvgIpc) is 2.79. The molecule has 1 aliphatic carbocycles. The van der Waals surface area contributed by atoms with Gasteiger partial charge in [0.15, 0.2) is 0 Å². The zero-order valence-corrected chi connectivity index (χ0v) is 11.3. The molecule has 0 N–H and O–H groups in total. The normalized spacial score (nSPS) is 29.7. The van der Waals surface area contributed by atoms with E-state index >= 15 is 0 Å². The second-order valence-electron chi connectivity index (χ2n) is 5.05. The Hall–Kier alpha value is -0.510. The van der Waals surface area contributed by atoms with Crippen molar-refractivity contribution in [2.24, 2.45) is 5.92 Å². The van der Waals surface area contributed by atoms with Gasteiger partial charge < -0.3 is 4.90 Å². The Morgan fingerprint density at radius 3 is 2.88 bits per heavy atom. The van der Waals surface area contributed by atoms with Crippen LogP contribution in [0.15, 0.2) is 0 Å². The van der Waals surface area contributed by atoms with E-state index in [0.717, 1.165) is 45.1 Å². The van der Waals surface area contributed by atoms with Crippen LogP contribution in [0.2, 0.25) is 0 Å². The summed E-state index contributed by atoms with van der Waals surface area (Å²) in [4.78, 5) is 25.9. The topological polar surface area (TPSA) is 37.4 Å². The zero-order valence-electron chi connectivity index (χ0n) is 10.5. The number of nitrogens with zero attached hydrogens (tertiary/aromatic N) is 1. The first-order valence-corrected chi connectivity index (χ1v) is 7.94. The summed E-state index contributed by atoms with van der Waals surface area (Å²) in [5.41, 5.74) is 0. The van der Waals surface area contributed by atoms with Crippen molar-refractivity contribution in [2.75, 3.05) is 18.6 Å². The Kier molecular flexibility index (Phi) is 4.48. The summed E-state index contributed by atoms with van der Waals surface area (Å²) in [6.45, 7) is 0.855. The van der Waals surface area contributed by atoms with Gasteiger partial charge >= 0.3 is 0 Å². The molecule has 3 nitrogen and oxygen atoms in total. The van der Waals surface area contributed by atoms with Crippen LogP contribution in [0.25, 0.3) is 0 Å². The summed E-state index contributed by atoms with van der Waals surface area (Å²) in [6.07, 6.45) is 7.95. The fourth-order valence-electron chi connectivity index (χ4n) is 3.14. The van der Waals surface area contributed by atoms with E-state index in [2.05, 4.69) is 0 Å². The van der Waals surface area contributed by atoms with E-state index in [9.17, 15) is 9.59 Å². The Morgan fingerprint density at radius 2 is 2.18 bits per heavy atom. The lowest BCUT2D eigenvalue weighted by Gasteiger charge is -2.33. The molecule has 2 unspecified atom stereocenters. The van der Waals surface area contributed by atoms with Gasteiger partial charge in [-0.15, -0.1) is 0 Å². The van der Waals surface area contributed by atoms with Gasteiger partial charge in [-0.1, -0.05) is 6.42 Å². The van der Waals surface area contributed by atoms with Crippen LogP contribution in [-0.2, 0) is 9.59 Å². The first-order valence-electron chi connectivity index (χ1n) is 6.55. The van der Waals surface area contributed by atoms with Crippen molar-refractivity contribution in [1.29, 1.82) is 0 Å². The van der Waals surface area contributed by atoms with Gasteiger partial charge in [0, 0.05) is 24.9 Å². The Bertz CT molecular complexity index is 306. The minimum atomic E-state index is 0.136. The molecule has 2 atom stereocenters. The van der Waals surface area contributed by atoms with Crippen molar-refractivity contribution >= 4 is 23.5 Å². The van der Waals surface area contributed by atoms with Crippen LogP contribution >= 0.6 is 11.8 Å². The van der Waals surface area contributed by atoms with Crippen molar-refractivity contribution in [3.05, 3.63) is 0 Å². The van der Waals surface area contributed by atoms with E-state index in [1.165, 1.54) is 0 Å². The van der Waals surface area contributed by atoms with Crippen molar-refractivity contribution in [1.82, 2.24) is 4.90 Å². The third kappa shape index (κ3) is 2.84. The van der Waals surface area contributed by atoms with E-state index in [0.29, 0.717) is 11.5 Å². The molecule has 0 aromatic rings. The van der Waals surface area contributed by atoms with Crippen LogP contribution in [0.3, 0.4) is 0 Å². The van der Waals surface area contributed by atoms with Gasteiger partial charge in [-0.05, 0) is 31.9 Å². The number of Topliss-reactive ketones (excluding diaryl/α,β-unsaturated/α-hetero) is 1. The largest absolute Gasteiger partial charge is 0.338 e. The smallest absolute Gasteiger partial charge is 0.232 e. The number of hydrogen-bond acceptors (Lipinski definition) is 3. The fraction of sp³-hybridized carbons (Fsp3) is 0.846. The molecular formula is C13H21NO2S. The fourth-order valence-corrected chi connectivity index (χ4v) is 3.56. The Balaban J connectivity index is 2.03. The van der Waals surface area contributed by atoms with Crippen LogP contribution in [0, 0.1) is 5.92 Å². The summed E-state index contributed by atoms with van der Waals surface area (Å²) in [5.74, 6) is 1.30. The molecule has 1 aliphatic heterocycles. The number of hydrogen-bond donors (Lipinski definition) is 0. The number of carbonyl (C=O) groups is 2. The zero-order chi connectivity index (χ0) is 12.3. The van der Waals surface area contributed by atoms with Crippen LogP contribution < -0.4 is 0 Å². The molecule has 2 rings (SSSR count). The third-order valence-electron chi connectivity index (χ3n) is 3.95. The molecule has 4 heteroatoms. The molecule has 0 bridgehead atoms. The monoisotopic (exact) mass is 255 g/mol. The van der Waals surface area contributed by atoms with Gasteiger partial charge in [-0.25, -0.2) is 0 Å². The minimum Gasteiger partial charge on any atom is -0.338 e. The quantitative estimate of drug-likeness (QED) is 0.775. The first kappa shape index (κ1) is 12.9. The van der Waals surface area contributed by atoms with Crippen LogP contribution in [-0.4, -0.2) is 41.2 Å². The SMILES string of the molecule is CSCC(=O)N1CCCC1C1CCCCC1=O. The van der Waals surface area contributed by atoms with Crippen molar-refractivity contribution in [3.8, 4) is 0 Å². The molecule has 2 aliphatic rings. The van der Waals surface area contributed by atoms with E-state index in [1.54, 1.807) is 11.8 Å². The second-order valence-corrected chi connectivity index (χ2v) is 5.91. The van der Waals surface area contributed by atoms with Gasteiger partial charge in [0.1, 0.15) is 5.78 Å². The summed E-state index contributed by atoms with van der Waals surface area (Å²) in [6, 6.07) is 0.211. The molecule has 1 heterocycles. The maximum absolute atomic E-state index is 12.0. The summed E-state index contributed by atoms with van der Waals surface area (Å²) in [5, 5.41) is 0. The highest BCUT2D eigenvalue weighted by Crippen LogP contribution is 2.32. The third-order valence-corrected chi connectivity index (χ3v) is 4.49. The number of likely N-dealkylation sites (tertiary alicyclic amines) is 1. The molecule has 2 fully saturated rings. The molecule has 1 saturated carbocycles. The lowest BCUT2D eigenvalue weighted by Crippen LogP contribution is -2.44. The molecular weight excluding hydrogens is 234 g/mol. The maximum atomic E-state index is 12.0. The van der Waals surface area contributed by atoms with E-state index < -0.39 is 0 Å². The molecule has 1 amide bonds. The lowest BCUT2D eigenvalue weighted by molar-refractivity contribution is -0.133. The number of ketones is 1. The number of amides is 1. The molecule has 0 aromatic carbocycles. The molecule has 0 radical (unpaired) electrons. The highest BCUT2D eigenvalue weighted by atomic mass is 32.2. The number of thioether (sulfide) groups is 1. The predicted octanol–water partition coefficient (Wildman–Crippen LogP) is 2.10. The van der Waals surface area contributed by atoms with Crippen molar-refractivity contribution < 1.29 is 9.59 Å². The van der Waals surface area contributed by atoms with Gasteiger partial charge in [0.25, 0.3) is 0 Å². The Labute approximate surface area is 107 Å². The van der Waals surface area contributed by atoms with E-state index in [4.69, 9.17) is 0 Å². The van der Waals surface area contributed by atoms with Crippen LogP contribution in [0.5, 0.6) is 0 Å². The highest BCUT2D eigenvalue weighted by Gasteiger charge is 2.38. The Morgan fingerprint density at radius 1 is 1.35 bits per heavy atom. The summed E-state index contributed by atoms with van der Waals surface area (Å²) >= 11 is 1.57. The summed E-state index contributed by atoms with van der Waals surface area (Å²) < 4.78 is 0. The maximum Gasteiger partial charge on any atom is 0.232 e. The highest BCUT2D eigenvalue weighted by molar-refractivity contribution is 7.99. The van der Waals surface area contributed by atoms with Crippen molar-refractivity contribution in [3.63, 3.8) is 0 Å². The van der Waals surface area contributed by atoms with Gasteiger partial charge in [0.2, 0.25) is 5.91 Å². The van der Waals surface area contributed by atoms with Gasteiger partial charge in [0.05, 0.1) is 5.75 Å². The van der Waals surface area contributed by atoms with E-state index in [-0.39, 0.29) is 17.9 Å². The molecule has 1 saturated heterocycles. The molecule has 17 heavy (non-hydrogen) atoms. The molecule has 96 valence electrons. The van der Waals surface area contributed by atoms with E-state index in [1.807, 2.05) is 11.2 Å². The average molecular weight is 255 g/mol. The number of rotatable bonds is 3. The minimum absolute atomic E-state index is 0.136. The molecule has 0 spiro atoms. The number of carbonyl (C=O) groups excluding carboxylic acids is 2. The van der Waals surface area contributed by atoms with Crippen LogP contribution in [0.1, 0.15) is 38.5 Å². The standard InChI is InChI=1S/C13H21NO2S/c1-17-9-13(16)14-8-4-6-11(14)10-5-2-3-7-12(10)15/h10-11H,2-9H2,1H3. The molecule has 0 aromatic heterocycles. The predicted molar refractivity (Wildman–Crippen MR) is 70.1 cm³/mol. The summed E-state index contributed by atoms with van der Waals surface area (Å²) in [7, 11) is 0. The van der Waals surface area contributed by atoms with Gasteiger partial charge in [-0.2, -0.15) is 11.8 Å². The lowest BCUT2D eigenvalue weighted by atomic mass is 9.82. The van der Waals surface area contributed by atoms with Crippen molar-refractivity contribution in [2.45, 2.75) is 44.6 Å². The van der Waals surface area contributed by atoms with Gasteiger partial charge in [-0.3, -0.25) is 9.59 Å². The first-order chi connectivity index (χ1) is 8.24.